The third kappa shape index (κ3) is 5.07. The van der Waals surface area contributed by atoms with Gasteiger partial charge in [0.1, 0.15) is 17.2 Å². The molecule has 1 amide bonds. The second-order valence-corrected chi connectivity index (χ2v) is 8.85. The number of rotatable bonds is 7. The van der Waals surface area contributed by atoms with Crippen molar-refractivity contribution >= 4 is 28.6 Å². The van der Waals surface area contributed by atoms with Gasteiger partial charge in [0.05, 0.1) is 31.3 Å². The number of thiazole rings is 1. The Morgan fingerprint density at radius 3 is 2.43 bits per heavy atom. The largest absolute Gasteiger partial charge is 0.497 e. The number of carbonyl (C=O) groups excluding carboxylic acids is 1. The standard InChI is InChI=1S/C27H25N3O4S/c1-32-21-8-3-18(4-9-21)13-14-30-24(19-5-12-25-23(15-19)29-26(31)16-34-25)17-35-27(30)28-20-6-10-22(33-2)11-7-20/h3-12,15,17H,13-14,16H2,1-2H3,(H,29,31). The van der Waals surface area contributed by atoms with Gasteiger partial charge >= 0.3 is 0 Å². The van der Waals surface area contributed by atoms with Gasteiger partial charge in [-0.3, -0.25) is 4.79 Å². The molecule has 3 aromatic carbocycles. The van der Waals surface area contributed by atoms with Gasteiger partial charge in [0.25, 0.3) is 5.91 Å². The summed E-state index contributed by atoms with van der Waals surface area (Å²) in [5.41, 5.74) is 4.75. The fraction of sp³-hybridized carbons (Fsp3) is 0.185. The zero-order chi connectivity index (χ0) is 24.2. The van der Waals surface area contributed by atoms with Crippen LogP contribution in [0.4, 0.5) is 11.4 Å². The quantitative estimate of drug-likeness (QED) is 0.396. The van der Waals surface area contributed by atoms with Crippen LogP contribution in [0, 0.1) is 0 Å². The molecule has 5 rings (SSSR count). The fourth-order valence-electron chi connectivity index (χ4n) is 3.91. The van der Waals surface area contributed by atoms with E-state index in [9.17, 15) is 4.79 Å². The Morgan fingerprint density at radius 2 is 1.71 bits per heavy atom. The summed E-state index contributed by atoms with van der Waals surface area (Å²) < 4.78 is 18.3. The molecule has 1 aliphatic rings. The van der Waals surface area contributed by atoms with Crippen molar-refractivity contribution in [1.82, 2.24) is 4.57 Å². The molecule has 0 fully saturated rings. The van der Waals surface area contributed by atoms with Gasteiger partial charge in [0.2, 0.25) is 0 Å². The van der Waals surface area contributed by atoms with Crippen molar-refractivity contribution in [3.05, 3.63) is 82.5 Å². The van der Waals surface area contributed by atoms with Gasteiger partial charge in [-0.05, 0) is 66.6 Å². The summed E-state index contributed by atoms with van der Waals surface area (Å²) in [6.45, 7) is 0.775. The number of anilines is 1. The summed E-state index contributed by atoms with van der Waals surface area (Å²) in [6.07, 6.45) is 0.828. The van der Waals surface area contributed by atoms with E-state index in [1.54, 1.807) is 25.6 Å². The number of benzene rings is 3. The molecule has 1 aromatic heterocycles. The van der Waals surface area contributed by atoms with Gasteiger partial charge < -0.3 is 24.1 Å². The van der Waals surface area contributed by atoms with Gasteiger partial charge in [0.15, 0.2) is 11.4 Å². The highest BCUT2D eigenvalue weighted by molar-refractivity contribution is 7.07. The van der Waals surface area contributed by atoms with E-state index in [2.05, 4.69) is 27.4 Å². The molecule has 1 N–H and O–H groups in total. The predicted octanol–water partition coefficient (Wildman–Crippen LogP) is 5.04. The maximum atomic E-state index is 11.8. The summed E-state index contributed by atoms with van der Waals surface area (Å²) >= 11 is 1.58. The normalized spacial score (nSPS) is 13.1. The zero-order valence-electron chi connectivity index (χ0n) is 19.5. The first-order chi connectivity index (χ1) is 17.1. The topological polar surface area (TPSA) is 74.1 Å². The summed E-state index contributed by atoms with van der Waals surface area (Å²) in [4.78, 5) is 17.6. The average molecular weight is 488 g/mol. The number of ether oxygens (including phenoxy) is 3. The van der Waals surface area contributed by atoms with Gasteiger partial charge in [0, 0.05) is 17.5 Å². The SMILES string of the molecule is COc1ccc(CCn2c(-c3ccc4c(c3)NC(=O)CO4)csc2=Nc2ccc(OC)cc2)cc1. The van der Waals surface area contributed by atoms with Gasteiger partial charge in [-0.2, -0.15) is 0 Å². The summed E-state index contributed by atoms with van der Waals surface area (Å²) in [7, 11) is 3.32. The molecule has 0 atom stereocenters. The lowest BCUT2D eigenvalue weighted by molar-refractivity contribution is -0.118. The van der Waals surface area contributed by atoms with Crippen molar-refractivity contribution in [2.75, 3.05) is 26.1 Å². The van der Waals surface area contributed by atoms with E-state index in [0.717, 1.165) is 46.2 Å². The number of hydrogen-bond donors (Lipinski definition) is 1. The lowest BCUT2D eigenvalue weighted by atomic mass is 10.1. The van der Waals surface area contributed by atoms with Gasteiger partial charge in [-0.15, -0.1) is 11.3 Å². The minimum atomic E-state index is -0.150. The van der Waals surface area contributed by atoms with Crippen molar-refractivity contribution in [1.29, 1.82) is 0 Å². The number of nitrogens with zero attached hydrogens (tertiary/aromatic N) is 2. The molecule has 0 unspecified atom stereocenters. The second-order valence-electron chi connectivity index (χ2n) is 8.01. The van der Waals surface area contributed by atoms with Crippen LogP contribution in [0.1, 0.15) is 5.56 Å². The maximum Gasteiger partial charge on any atom is 0.262 e. The van der Waals surface area contributed by atoms with Gasteiger partial charge in [-0.1, -0.05) is 12.1 Å². The van der Waals surface area contributed by atoms with Crippen LogP contribution in [0.25, 0.3) is 11.3 Å². The molecule has 0 saturated heterocycles. The van der Waals surface area contributed by atoms with Crippen molar-refractivity contribution in [3.63, 3.8) is 0 Å². The molecule has 7 nitrogen and oxygen atoms in total. The number of fused-ring (bicyclic) bond motifs is 1. The number of nitrogens with one attached hydrogen (secondary N) is 1. The number of aromatic nitrogens is 1. The summed E-state index contributed by atoms with van der Waals surface area (Å²) in [5, 5.41) is 5.00. The van der Waals surface area contributed by atoms with Crippen molar-refractivity contribution in [2.45, 2.75) is 13.0 Å². The van der Waals surface area contributed by atoms with E-state index in [4.69, 9.17) is 19.2 Å². The highest BCUT2D eigenvalue weighted by Gasteiger charge is 2.18. The molecule has 0 saturated carbocycles. The predicted molar refractivity (Wildman–Crippen MR) is 137 cm³/mol. The lowest BCUT2D eigenvalue weighted by Crippen LogP contribution is -2.25. The number of carbonyl (C=O) groups is 1. The number of hydrogen-bond acceptors (Lipinski definition) is 6. The second kappa shape index (κ2) is 10.1. The molecule has 0 aliphatic carbocycles. The summed E-state index contributed by atoms with van der Waals surface area (Å²) in [6, 6.07) is 21.7. The van der Waals surface area contributed by atoms with E-state index < -0.39 is 0 Å². The molecular formula is C27H25N3O4S. The Labute approximate surface area is 207 Å². The highest BCUT2D eigenvalue weighted by atomic mass is 32.1. The van der Waals surface area contributed by atoms with E-state index in [1.807, 2.05) is 54.6 Å². The summed E-state index contributed by atoms with van der Waals surface area (Å²) in [5.74, 6) is 2.16. The van der Waals surface area contributed by atoms with Crippen molar-refractivity contribution in [2.24, 2.45) is 4.99 Å². The number of aryl methyl sites for hydroxylation is 1. The Balaban J connectivity index is 1.52. The molecule has 178 valence electrons. The molecule has 35 heavy (non-hydrogen) atoms. The third-order valence-corrected chi connectivity index (χ3v) is 6.65. The molecule has 4 aromatic rings. The fourth-order valence-corrected chi connectivity index (χ4v) is 4.86. The monoisotopic (exact) mass is 487 g/mol. The van der Waals surface area contributed by atoms with Gasteiger partial charge in [-0.25, -0.2) is 4.99 Å². The van der Waals surface area contributed by atoms with E-state index in [0.29, 0.717) is 11.4 Å². The molecule has 0 bridgehead atoms. The Bertz CT molecular complexity index is 1410. The molecule has 0 radical (unpaired) electrons. The minimum Gasteiger partial charge on any atom is -0.497 e. The Kier molecular flexibility index (Phi) is 6.54. The molecule has 1 aliphatic heterocycles. The van der Waals surface area contributed by atoms with Crippen LogP contribution in [-0.2, 0) is 17.8 Å². The Hall–Kier alpha value is -4.04. The molecule has 8 heteroatoms. The van der Waals surface area contributed by atoms with E-state index >= 15 is 0 Å². The van der Waals surface area contributed by atoms with E-state index in [1.165, 1.54) is 5.56 Å². The van der Waals surface area contributed by atoms with Crippen LogP contribution >= 0.6 is 11.3 Å². The molecular weight excluding hydrogens is 462 g/mol. The first kappa shape index (κ1) is 22.7. The molecule has 0 spiro atoms. The zero-order valence-corrected chi connectivity index (χ0v) is 20.3. The van der Waals surface area contributed by atoms with Crippen LogP contribution in [-0.4, -0.2) is 31.3 Å². The maximum absolute atomic E-state index is 11.8. The van der Waals surface area contributed by atoms with Crippen molar-refractivity contribution < 1.29 is 19.0 Å². The van der Waals surface area contributed by atoms with Crippen molar-refractivity contribution in [3.8, 4) is 28.5 Å². The smallest absolute Gasteiger partial charge is 0.262 e. The average Bonchev–Trinajstić information content (AvgIpc) is 3.29. The van der Waals surface area contributed by atoms with Crippen LogP contribution in [0.3, 0.4) is 0 Å². The van der Waals surface area contributed by atoms with E-state index in [-0.39, 0.29) is 12.5 Å². The first-order valence-corrected chi connectivity index (χ1v) is 12.1. The number of amides is 1. The lowest BCUT2D eigenvalue weighted by Gasteiger charge is -2.19. The number of methoxy groups -OCH3 is 2. The first-order valence-electron chi connectivity index (χ1n) is 11.2. The third-order valence-electron chi connectivity index (χ3n) is 5.79. The van der Waals surface area contributed by atoms with Crippen LogP contribution in [0.15, 0.2) is 77.1 Å². The molecule has 2 heterocycles. The van der Waals surface area contributed by atoms with Crippen LogP contribution < -0.4 is 24.3 Å². The minimum absolute atomic E-state index is 0.0392. The Morgan fingerprint density at radius 1 is 1.00 bits per heavy atom. The van der Waals surface area contributed by atoms with Crippen LogP contribution in [0.5, 0.6) is 17.2 Å². The highest BCUT2D eigenvalue weighted by Crippen LogP contribution is 2.33. The van der Waals surface area contributed by atoms with Crippen LogP contribution in [0.2, 0.25) is 0 Å².